The van der Waals surface area contributed by atoms with E-state index >= 15 is 0 Å². The quantitative estimate of drug-likeness (QED) is 0.492. The molecule has 0 saturated carbocycles. The molecule has 1 fully saturated rings. The Labute approximate surface area is 156 Å². The highest BCUT2D eigenvalue weighted by Crippen LogP contribution is 2.37. The van der Waals surface area contributed by atoms with E-state index in [2.05, 4.69) is 6.58 Å². The molecule has 0 spiro atoms. The summed E-state index contributed by atoms with van der Waals surface area (Å²) in [4.78, 5) is 0. The van der Waals surface area contributed by atoms with Crippen molar-refractivity contribution in [2.24, 2.45) is 11.8 Å². The molecular weight excluding hydrogens is 338 g/mol. The van der Waals surface area contributed by atoms with Crippen molar-refractivity contribution >= 4 is 0 Å². The van der Waals surface area contributed by atoms with E-state index in [4.69, 9.17) is 14.2 Å². The molecule has 3 nitrogen and oxygen atoms in total. The molecule has 0 amide bonds. The number of hydrogen-bond acceptors (Lipinski definition) is 3. The standard InChI is InChI=1S/C21H32F2O3/c1-5-16-8-9-17(26-12-16)13-25-15(3)7-6-14(2)18-10-11-19(24-4)21(23)20(18)22/h5,14-17H,1,6-13H2,2-4H3. The summed E-state index contributed by atoms with van der Waals surface area (Å²) in [6.07, 6.45) is 6.77. The van der Waals surface area contributed by atoms with Gasteiger partial charge in [-0.05, 0) is 50.5 Å². The van der Waals surface area contributed by atoms with Crippen LogP contribution in [-0.2, 0) is 14.2 Å². The molecule has 0 aromatic rings. The van der Waals surface area contributed by atoms with Crippen LogP contribution in [0.4, 0.5) is 8.78 Å². The minimum Gasteiger partial charge on any atom is -0.498 e. The van der Waals surface area contributed by atoms with E-state index in [0.717, 1.165) is 32.3 Å². The lowest BCUT2D eigenvalue weighted by molar-refractivity contribution is -0.0709. The molecule has 0 aromatic heterocycles. The van der Waals surface area contributed by atoms with Crippen molar-refractivity contribution < 1.29 is 23.0 Å². The van der Waals surface area contributed by atoms with Gasteiger partial charge in [0.2, 0.25) is 0 Å². The zero-order chi connectivity index (χ0) is 19.1. The maximum atomic E-state index is 14.2. The molecule has 1 saturated heterocycles. The van der Waals surface area contributed by atoms with Gasteiger partial charge in [0.25, 0.3) is 0 Å². The van der Waals surface area contributed by atoms with Crippen molar-refractivity contribution in [2.75, 3.05) is 20.3 Å². The summed E-state index contributed by atoms with van der Waals surface area (Å²) in [7, 11) is 1.38. The van der Waals surface area contributed by atoms with Crippen molar-refractivity contribution in [1.29, 1.82) is 0 Å². The van der Waals surface area contributed by atoms with Crippen LogP contribution < -0.4 is 0 Å². The van der Waals surface area contributed by atoms with Crippen molar-refractivity contribution in [3.8, 4) is 0 Å². The van der Waals surface area contributed by atoms with Gasteiger partial charge in [-0.1, -0.05) is 13.0 Å². The summed E-state index contributed by atoms with van der Waals surface area (Å²) in [5, 5.41) is 0. The first-order valence-electron chi connectivity index (χ1n) is 9.63. The Morgan fingerprint density at radius 3 is 2.58 bits per heavy atom. The third kappa shape index (κ3) is 5.65. The fraction of sp³-hybridized carbons (Fsp3) is 0.714. The topological polar surface area (TPSA) is 27.7 Å². The highest BCUT2D eigenvalue weighted by molar-refractivity contribution is 5.33. The lowest BCUT2D eigenvalue weighted by Gasteiger charge is -2.28. The first-order chi connectivity index (χ1) is 12.5. The number of methoxy groups -OCH3 is 1. The van der Waals surface area contributed by atoms with Gasteiger partial charge >= 0.3 is 0 Å². The fourth-order valence-electron chi connectivity index (χ4n) is 3.54. The first-order valence-corrected chi connectivity index (χ1v) is 9.63. The third-order valence-corrected chi connectivity index (χ3v) is 5.49. The summed E-state index contributed by atoms with van der Waals surface area (Å²) in [5.74, 6) is -1.01. The normalized spacial score (nSPS) is 26.7. The van der Waals surface area contributed by atoms with Gasteiger partial charge in [-0.3, -0.25) is 0 Å². The van der Waals surface area contributed by atoms with Crippen LogP contribution in [0.3, 0.4) is 0 Å². The number of allylic oxidation sites excluding steroid dienone is 4. The van der Waals surface area contributed by atoms with Crippen molar-refractivity contribution in [3.63, 3.8) is 0 Å². The fourth-order valence-corrected chi connectivity index (χ4v) is 3.54. The van der Waals surface area contributed by atoms with E-state index < -0.39 is 11.7 Å². The molecule has 0 aromatic carbocycles. The molecule has 4 unspecified atom stereocenters. The minimum absolute atomic E-state index is 0.00973. The highest BCUT2D eigenvalue weighted by Gasteiger charge is 2.26. The summed E-state index contributed by atoms with van der Waals surface area (Å²) in [5.41, 5.74) is 0.557. The van der Waals surface area contributed by atoms with E-state index in [9.17, 15) is 8.78 Å². The van der Waals surface area contributed by atoms with Crippen LogP contribution in [0.2, 0.25) is 0 Å². The second-order valence-corrected chi connectivity index (χ2v) is 7.43. The van der Waals surface area contributed by atoms with E-state index in [0.29, 0.717) is 30.9 Å². The zero-order valence-corrected chi connectivity index (χ0v) is 16.2. The Morgan fingerprint density at radius 1 is 1.19 bits per heavy atom. The second-order valence-electron chi connectivity index (χ2n) is 7.43. The van der Waals surface area contributed by atoms with Crippen LogP contribution in [0, 0.1) is 11.8 Å². The molecule has 1 aliphatic carbocycles. The number of ether oxygens (including phenoxy) is 3. The molecule has 1 heterocycles. The maximum absolute atomic E-state index is 14.2. The van der Waals surface area contributed by atoms with E-state index in [1.165, 1.54) is 7.11 Å². The lowest BCUT2D eigenvalue weighted by Crippen LogP contribution is -2.30. The monoisotopic (exact) mass is 370 g/mol. The molecule has 2 aliphatic rings. The summed E-state index contributed by atoms with van der Waals surface area (Å²) in [6.45, 7) is 9.09. The van der Waals surface area contributed by atoms with Gasteiger partial charge < -0.3 is 14.2 Å². The third-order valence-electron chi connectivity index (χ3n) is 5.49. The minimum atomic E-state index is -0.836. The van der Waals surface area contributed by atoms with Gasteiger partial charge in [0, 0.05) is 12.3 Å². The van der Waals surface area contributed by atoms with Crippen molar-refractivity contribution in [2.45, 2.75) is 64.6 Å². The number of halogens is 2. The van der Waals surface area contributed by atoms with Gasteiger partial charge in [0.05, 0.1) is 32.5 Å². The van der Waals surface area contributed by atoms with E-state index in [1.807, 2.05) is 19.9 Å². The molecule has 0 radical (unpaired) electrons. The zero-order valence-electron chi connectivity index (χ0n) is 16.2. The predicted molar refractivity (Wildman–Crippen MR) is 99.0 cm³/mol. The van der Waals surface area contributed by atoms with Crippen LogP contribution >= 0.6 is 0 Å². The van der Waals surface area contributed by atoms with Crippen LogP contribution in [-0.4, -0.2) is 32.5 Å². The van der Waals surface area contributed by atoms with Crippen LogP contribution in [0.1, 0.15) is 52.4 Å². The Hall–Kier alpha value is -1.20. The largest absolute Gasteiger partial charge is 0.498 e. The summed E-state index contributed by atoms with van der Waals surface area (Å²) < 4.78 is 44.7. The molecule has 5 heteroatoms. The predicted octanol–water partition coefficient (Wildman–Crippen LogP) is 5.63. The maximum Gasteiger partial charge on any atom is 0.196 e. The van der Waals surface area contributed by atoms with Gasteiger partial charge in [-0.2, -0.15) is 0 Å². The Bertz CT molecular complexity index is 533. The molecular formula is C21H32F2O3. The molecule has 26 heavy (non-hydrogen) atoms. The Kier molecular flexibility index (Phi) is 8.29. The molecule has 148 valence electrons. The van der Waals surface area contributed by atoms with Crippen LogP contribution in [0.25, 0.3) is 0 Å². The first kappa shape index (κ1) is 21.1. The van der Waals surface area contributed by atoms with Crippen molar-refractivity contribution in [1.82, 2.24) is 0 Å². The van der Waals surface area contributed by atoms with Crippen molar-refractivity contribution in [3.05, 3.63) is 35.6 Å². The average Bonchev–Trinajstić information content (AvgIpc) is 2.66. The van der Waals surface area contributed by atoms with Gasteiger partial charge in [0.15, 0.2) is 11.7 Å². The lowest BCUT2D eigenvalue weighted by atomic mass is 9.88. The average molecular weight is 370 g/mol. The SMILES string of the molecule is C=CC1CCC(COC(C)CCC(C)C2=C(F)C(F)=C(OC)CC2)OC1. The van der Waals surface area contributed by atoms with Gasteiger partial charge in [-0.15, -0.1) is 6.58 Å². The Balaban J connectivity index is 1.73. The molecule has 1 aliphatic heterocycles. The molecule has 2 rings (SSSR count). The number of rotatable bonds is 9. The van der Waals surface area contributed by atoms with Crippen LogP contribution in [0.15, 0.2) is 35.6 Å². The van der Waals surface area contributed by atoms with E-state index in [1.54, 1.807) is 0 Å². The highest BCUT2D eigenvalue weighted by atomic mass is 19.2. The van der Waals surface area contributed by atoms with Gasteiger partial charge in [0.1, 0.15) is 5.76 Å². The Morgan fingerprint density at radius 2 is 1.96 bits per heavy atom. The smallest absolute Gasteiger partial charge is 0.196 e. The number of hydrogen-bond donors (Lipinski definition) is 0. The van der Waals surface area contributed by atoms with E-state index in [-0.39, 0.29) is 23.9 Å². The second kappa shape index (κ2) is 10.2. The molecule has 4 atom stereocenters. The summed E-state index contributed by atoms with van der Waals surface area (Å²) in [6, 6.07) is 0. The summed E-state index contributed by atoms with van der Waals surface area (Å²) >= 11 is 0. The van der Waals surface area contributed by atoms with Gasteiger partial charge in [-0.25, -0.2) is 8.78 Å². The molecule has 0 bridgehead atoms. The molecule has 0 N–H and O–H groups in total. The van der Waals surface area contributed by atoms with Crippen LogP contribution in [0.5, 0.6) is 0 Å².